The molecule has 0 saturated heterocycles. The number of rotatable bonds is 10. The molecular formula is C8H20O8S2Si. The zero-order valence-corrected chi connectivity index (χ0v) is 14.0. The lowest BCUT2D eigenvalue weighted by molar-refractivity contribution is 0.239. The van der Waals surface area contributed by atoms with Gasteiger partial charge in [-0.25, -0.2) is 8.37 Å². The molecule has 0 amide bonds. The predicted molar refractivity (Wildman–Crippen MR) is 70.0 cm³/mol. The summed E-state index contributed by atoms with van der Waals surface area (Å²) < 4.78 is 63.8. The van der Waals surface area contributed by atoms with Gasteiger partial charge < -0.3 is 0 Å². The van der Waals surface area contributed by atoms with Gasteiger partial charge in [-0.1, -0.05) is 13.8 Å². The highest BCUT2D eigenvalue weighted by Gasteiger charge is 2.38. The van der Waals surface area contributed by atoms with E-state index in [1.54, 1.807) is 13.8 Å². The van der Waals surface area contributed by atoms with Crippen LogP contribution < -0.4 is 0 Å². The summed E-state index contributed by atoms with van der Waals surface area (Å²) in [6, 6.07) is 0. The number of hydrogen-bond donors (Lipinski definition) is 0. The van der Waals surface area contributed by atoms with Crippen LogP contribution >= 0.6 is 0 Å². The maximum atomic E-state index is 11.4. The van der Waals surface area contributed by atoms with E-state index in [9.17, 15) is 16.8 Å². The van der Waals surface area contributed by atoms with E-state index in [1.165, 1.54) is 13.1 Å². The van der Waals surface area contributed by atoms with Crippen molar-refractivity contribution in [3.8, 4) is 0 Å². The van der Waals surface area contributed by atoms with Crippen LogP contribution in [0.4, 0.5) is 0 Å². The lowest BCUT2D eigenvalue weighted by Gasteiger charge is -2.20. The van der Waals surface area contributed by atoms with E-state index >= 15 is 0 Å². The monoisotopic (exact) mass is 336 g/mol. The zero-order valence-electron chi connectivity index (χ0n) is 11.4. The highest BCUT2D eigenvalue weighted by atomic mass is 32.3. The van der Waals surface area contributed by atoms with Crippen LogP contribution in [0.5, 0.6) is 0 Å². The molecule has 0 radical (unpaired) electrons. The molecule has 0 fully saturated rings. The second-order valence-corrected chi connectivity index (χ2v) is 10.3. The predicted octanol–water partition coefficient (Wildman–Crippen LogP) is 1.06. The Morgan fingerprint density at radius 2 is 1.11 bits per heavy atom. The van der Waals surface area contributed by atoms with E-state index in [2.05, 4.69) is 16.1 Å². The van der Waals surface area contributed by atoms with Crippen LogP contribution in [0.3, 0.4) is 0 Å². The Labute approximate surface area is 115 Å². The van der Waals surface area contributed by atoms with Gasteiger partial charge in [0.05, 0.1) is 13.2 Å². The molecule has 0 aromatic heterocycles. The lowest BCUT2D eigenvalue weighted by Crippen LogP contribution is -2.40. The maximum Gasteiger partial charge on any atom is 0.392 e. The van der Waals surface area contributed by atoms with Gasteiger partial charge in [-0.2, -0.15) is 16.8 Å². The van der Waals surface area contributed by atoms with E-state index in [0.717, 1.165) is 0 Å². The Kier molecular flexibility index (Phi) is 7.65. The van der Waals surface area contributed by atoms with Crippen molar-refractivity contribution in [3.63, 3.8) is 0 Å². The van der Waals surface area contributed by atoms with Crippen molar-refractivity contribution in [1.82, 2.24) is 0 Å². The molecule has 0 heterocycles. The van der Waals surface area contributed by atoms with Crippen LogP contribution in [0.1, 0.15) is 26.7 Å². The van der Waals surface area contributed by atoms with E-state index in [4.69, 9.17) is 0 Å². The third kappa shape index (κ3) is 9.48. The van der Waals surface area contributed by atoms with Gasteiger partial charge >= 0.3 is 29.4 Å². The van der Waals surface area contributed by atoms with Gasteiger partial charge in [-0.05, 0) is 25.9 Å². The molecule has 0 bridgehead atoms. The Balaban J connectivity index is 4.63. The smallest absolute Gasteiger partial charge is 0.262 e. The molecule has 0 N–H and O–H groups in total. The van der Waals surface area contributed by atoms with Gasteiger partial charge in [0.15, 0.2) is 0 Å². The molecule has 0 atom stereocenters. The molecule has 0 aliphatic heterocycles. The van der Waals surface area contributed by atoms with Crippen molar-refractivity contribution in [1.29, 1.82) is 0 Å². The van der Waals surface area contributed by atoms with Gasteiger partial charge in [0.2, 0.25) is 0 Å². The van der Waals surface area contributed by atoms with Crippen LogP contribution in [0.25, 0.3) is 0 Å². The van der Waals surface area contributed by atoms with Crippen LogP contribution in [0.15, 0.2) is 0 Å². The fourth-order valence-electron chi connectivity index (χ4n) is 0.924. The minimum Gasteiger partial charge on any atom is -0.262 e. The van der Waals surface area contributed by atoms with Gasteiger partial charge in [0.25, 0.3) is 0 Å². The second kappa shape index (κ2) is 7.66. The molecule has 0 unspecified atom stereocenters. The molecule has 0 spiro atoms. The summed E-state index contributed by atoms with van der Waals surface area (Å²) in [5, 5.41) is 0. The Bertz CT molecular complexity index is 413. The highest BCUT2D eigenvalue weighted by molar-refractivity contribution is 7.84. The molecule has 0 aliphatic rings. The van der Waals surface area contributed by atoms with Crippen molar-refractivity contribution in [3.05, 3.63) is 0 Å². The molecule has 0 rings (SSSR count). The topological polar surface area (TPSA) is 105 Å². The van der Waals surface area contributed by atoms with Gasteiger partial charge in [-0.15, -0.1) is 0 Å². The van der Waals surface area contributed by atoms with Crippen molar-refractivity contribution in [2.24, 2.45) is 0 Å². The first-order valence-corrected chi connectivity index (χ1v) is 11.2. The Morgan fingerprint density at radius 3 is 1.37 bits per heavy atom. The van der Waals surface area contributed by atoms with Crippen molar-refractivity contribution in [2.75, 3.05) is 13.2 Å². The van der Waals surface area contributed by atoms with E-state index in [1.807, 2.05) is 0 Å². The summed E-state index contributed by atoms with van der Waals surface area (Å²) in [4.78, 5) is 0. The third-order valence-corrected chi connectivity index (χ3v) is 7.22. The number of hydrogen-bond acceptors (Lipinski definition) is 8. The summed E-state index contributed by atoms with van der Waals surface area (Å²) in [6.45, 7) is 5.85. The third-order valence-electron chi connectivity index (χ3n) is 1.47. The largest absolute Gasteiger partial charge is 0.392 e. The van der Waals surface area contributed by atoms with Crippen LogP contribution in [0, 0.1) is 0 Å². The minimum atomic E-state index is -4.28. The SMILES string of the molecule is CCCOS(=O)(=O)O[Si](C)(C)OS(=O)(=O)OCCC. The van der Waals surface area contributed by atoms with E-state index in [-0.39, 0.29) is 13.2 Å². The highest BCUT2D eigenvalue weighted by Crippen LogP contribution is 2.16. The summed E-state index contributed by atoms with van der Waals surface area (Å²) in [5.74, 6) is 0. The minimum absolute atomic E-state index is 0.0497. The first kappa shape index (κ1) is 19.0. The molecule has 19 heavy (non-hydrogen) atoms. The first-order chi connectivity index (χ1) is 8.54. The Morgan fingerprint density at radius 1 is 0.789 bits per heavy atom. The zero-order chi connectivity index (χ0) is 15.2. The fourth-order valence-corrected chi connectivity index (χ4v) is 6.34. The molecule has 0 aromatic rings. The summed E-state index contributed by atoms with van der Waals surface area (Å²) in [5.41, 5.74) is 0. The maximum absolute atomic E-state index is 11.4. The Hall–Kier alpha value is -0.0431. The lowest BCUT2D eigenvalue weighted by atomic mass is 10.5. The summed E-state index contributed by atoms with van der Waals surface area (Å²) in [7, 11) is -12.1. The van der Waals surface area contributed by atoms with Crippen molar-refractivity contribution < 1.29 is 32.9 Å². The first-order valence-electron chi connectivity index (χ1n) is 5.73. The fraction of sp³-hybridized carbons (Fsp3) is 1.00. The van der Waals surface area contributed by atoms with E-state index in [0.29, 0.717) is 12.8 Å². The second-order valence-electron chi connectivity index (χ2n) is 4.03. The summed E-state index contributed by atoms with van der Waals surface area (Å²) in [6.07, 6.45) is 0.951. The van der Waals surface area contributed by atoms with Crippen LogP contribution in [-0.2, 0) is 36.9 Å². The normalized spacial score (nSPS) is 13.7. The van der Waals surface area contributed by atoms with Crippen molar-refractivity contribution >= 4 is 29.4 Å². The van der Waals surface area contributed by atoms with Gasteiger partial charge in [-0.3, -0.25) is 7.74 Å². The molecule has 11 heteroatoms. The average Bonchev–Trinajstić information content (AvgIpc) is 2.20. The molecule has 8 nitrogen and oxygen atoms in total. The van der Waals surface area contributed by atoms with Crippen LogP contribution in [0.2, 0.25) is 13.1 Å². The molecule has 0 aliphatic carbocycles. The average molecular weight is 336 g/mol. The molecule has 0 saturated carbocycles. The quantitative estimate of drug-likeness (QED) is 0.545. The van der Waals surface area contributed by atoms with E-state index < -0.39 is 29.4 Å². The summed E-state index contributed by atoms with van der Waals surface area (Å²) >= 11 is 0. The molecule has 0 aromatic carbocycles. The van der Waals surface area contributed by atoms with Crippen LogP contribution in [-0.4, -0.2) is 38.6 Å². The van der Waals surface area contributed by atoms with Crippen molar-refractivity contribution in [2.45, 2.75) is 39.8 Å². The standard InChI is InChI=1S/C8H20O8S2Si/c1-5-7-13-17(9,10)15-19(3,4)16-18(11,12)14-8-6-2/h5-8H2,1-4H3. The molecule has 116 valence electrons. The van der Waals surface area contributed by atoms with Gasteiger partial charge in [0, 0.05) is 0 Å². The van der Waals surface area contributed by atoms with Gasteiger partial charge in [0.1, 0.15) is 0 Å². The molecular weight excluding hydrogens is 316 g/mol.